The minimum Gasteiger partial charge on any atom is -0.497 e. The third-order valence-electron chi connectivity index (χ3n) is 9.11. The van der Waals surface area contributed by atoms with Crippen LogP contribution in [0.4, 0.5) is 5.69 Å². The maximum absolute atomic E-state index is 14.9. The molecule has 2 aliphatic heterocycles. The SMILES string of the molecule is COc1cccc(C(=O)[C@@H]2[C@H](c3ccc(OC)cc3OC)C3(C(=O)c4ccccc4C3=O)[C@H]3C=Cc4ccccc4N23)c1. The van der Waals surface area contributed by atoms with Crippen molar-refractivity contribution in [2.45, 2.75) is 18.0 Å². The summed E-state index contributed by atoms with van der Waals surface area (Å²) >= 11 is 0. The summed E-state index contributed by atoms with van der Waals surface area (Å²) in [5.41, 5.74) is 1.78. The molecule has 2 heterocycles. The Bertz CT molecular complexity index is 1810. The molecule has 0 bridgehead atoms. The minimum absolute atomic E-state index is 0.231. The average Bonchev–Trinajstić information content (AvgIpc) is 3.49. The van der Waals surface area contributed by atoms with Crippen LogP contribution in [0.2, 0.25) is 0 Å². The van der Waals surface area contributed by atoms with Crippen LogP contribution >= 0.6 is 0 Å². The highest BCUT2D eigenvalue weighted by atomic mass is 16.5. The number of para-hydroxylation sites is 1. The molecule has 7 nitrogen and oxygen atoms in total. The van der Waals surface area contributed by atoms with Crippen molar-refractivity contribution in [3.8, 4) is 17.2 Å². The van der Waals surface area contributed by atoms with Crippen LogP contribution in [0.1, 0.15) is 48.1 Å². The fraction of sp³-hybridized carbons (Fsp3) is 0.194. The predicted molar refractivity (Wildman–Crippen MR) is 163 cm³/mol. The number of carbonyl (C=O) groups is 3. The lowest BCUT2D eigenvalue weighted by atomic mass is 9.64. The topological polar surface area (TPSA) is 82.1 Å². The van der Waals surface area contributed by atoms with Crippen molar-refractivity contribution in [2.24, 2.45) is 5.41 Å². The molecule has 4 aromatic carbocycles. The maximum atomic E-state index is 14.9. The van der Waals surface area contributed by atoms with Crippen LogP contribution in [-0.2, 0) is 0 Å². The van der Waals surface area contributed by atoms with Gasteiger partial charge in [-0.1, -0.05) is 72.8 Å². The number of nitrogens with zero attached hydrogens (tertiary/aromatic N) is 1. The molecule has 3 aliphatic rings. The van der Waals surface area contributed by atoms with Gasteiger partial charge in [0.15, 0.2) is 17.3 Å². The molecule has 0 saturated carbocycles. The number of ether oxygens (including phenoxy) is 3. The third-order valence-corrected chi connectivity index (χ3v) is 9.11. The van der Waals surface area contributed by atoms with E-state index >= 15 is 0 Å². The number of anilines is 1. The molecule has 7 rings (SSSR count). The average molecular weight is 572 g/mol. The van der Waals surface area contributed by atoms with Crippen LogP contribution in [0.25, 0.3) is 6.08 Å². The lowest BCUT2D eigenvalue weighted by molar-refractivity contribution is 0.0664. The highest BCUT2D eigenvalue weighted by molar-refractivity contribution is 6.32. The normalized spacial score (nSPS) is 20.9. The van der Waals surface area contributed by atoms with Gasteiger partial charge in [0.05, 0.1) is 27.4 Å². The smallest absolute Gasteiger partial charge is 0.186 e. The first kappa shape index (κ1) is 26.7. The standard InChI is InChI=1S/C36H29NO6/c1-41-23-11-8-10-22(19-23)33(38)32-31(27-17-16-24(42-2)20-29(27)43-3)36(34(39)25-12-5-6-13-26(25)35(36)40)30-18-15-21-9-4-7-14-28(21)37(30)32/h4-20,30-32H,1-3H3/t30-,31+,32+/m1/s1. The molecule has 43 heavy (non-hydrogen) atoms. The first-order chi connectivity index (χ1) is 20.9. The second kappa shape index (κ2) is 9.98. The number of Topliss-reactive ketones (excluding diaryl/α,β-unsaturated/α-hetero) is 3. The molecule has 0 radical (unpaired) electrons. The van der Waals surface area contributed by atoms with Crippen molar-refractivity contribution in [3.05, 3.63) is 125 Å². The number of benzene rings is 4. The van der Waals surface area contributed by atoms with Gasteiger partial charge in [0.1, 0.15) is 28.7 Å². The van der Waals surface area contributed by atoms with Gasteiger partial charge in [0.25, 0.3) is 0 Å². The molecule has 214 valence electrons. The fourth-order valence-electron chi connectivity index (χ4n) is 7.28. The molecule has 1 spiro atoms. The van der Waals surface area contributed by atoms with Crippen molar-refractivity contribution in [1.29, 1.82) is 0 Å². The maximum Gasteiger partial charge on any atom is 0.186 e. The lowest BCUT2D eigenvalue weighted by Gasteiger charge is -2.37. The summed E-state index contributed by atoms with van der Waals surface area (Å²) in [4.78, 5) is 46.5. The zero-order chi connectivity index (χ0) is 29.9. The monoisotopic (exact) mass is 571 g/mol. The van der Waals surface area contributed by atoms with Gasteiger partial charge in [0.2, 0.25) is 0 Å². The Balaban J connectivity index is 1.56. The van der Waals surface area contributed by atoms with E-state index in [1.165, 1.54) is 7.11 Å². The Morgan fingerprint density at radius 2 is 1.42 bits per heavy atom. The van der Waals surface area contributed by atoms with Crippen LogP contribution in [-0.4, -0.2) is 50.8 Å². The van der Waals surface area contributed by atoms with Crippen LogP contribution < -0.4 is 19.1 Å². The quantitative estimate of drug-likeness (QED) is 0.207. The van der Waals surface area contributed by atoms with Crippen molar-refractivity contribution in [3.63, 3.8) is 0 Å². The van der Waals surface area contributed by atoms with Gasteiger partial charge in [-0.15, -0.1) is 0 Å². The van der Waals surface area contributed by atoms with E-state index in [-0.39, 0.29) is 17.3 Å². The van der Waals surface area contributed by atoms with Gasteiger partial charge in [-0.2, -0.15) is 0 Å². The second-order valence-electron chi connectivity index (χ2n) is 11.0. The largest absolute Gasteiger partial charge is 0.497 e. The predicted octanol–water partition coefficient (Wildman–Crippen LogP) is 6.03. The summed E-state index contributed by atoms with van der Waals surface area (Å²) in [7, 11) is 4.64. The summed E-state index contributed by atoms with van der Waals surface area (Å²) < 4.78 is 16.8. The van der Waals surface area contributed by atoms with Gasteiger partial charge in [-0.05, 0) is 29.8 Å². The summed E-state index contributed by atoms with van der Waals surface area (Å²) in [5.74, 6) is -0.204. The molecule has 0 amide bonds. The summed E-state index contributed by atoms with van der Waals surface area (Å²) in [6, 6.07) is 25.3. The molecular formula is C36H29NO6. The summed E-state index contributed by atoms with van der Waals surface area (Å²) in [5, 5.41) is 0. The van der Waals surface area contributed by atoms with Crippen LogP contribution in [0.5, 0.6) is 17.2 Å². The molecule has 0 N–H and O–H groups in total. The van der Waals surface area contributed by atoms with E-state index in [0.717, 1.165) is 11.3 Å². The number of carbonyl (C=O) groups excluding carboxylic acids is 3. The number of hydrogen-bond acceptors (Lipinski definition) is 7. The molecule has 3 atom stereocenters. The zero-order valence-electron chi connectivity index (χ0n) is 23.9. The Labute approximate surface area is 249 Å². The molecule has 4 aromatic rings. The van der Waals surface area contributed by atoms with E-state index in [1.807, 2.05) is 47.4 Å². The van der Waals surface area contributed by atoms with E-state index in [2.05, 4.69) is 0 Å². The highest BCUT2D eigenvalue weighted by Gasteiger charge is 2.72. The van der Waals surface area contributed by atoms with Gasteiger partial charge in [-0.25, -0.2) is 0 Å². The Kier molecular flexibility index (Phi) is 6.20. The summed E-state index contributed by atoms with van der Waals surface area (Å²) in [6.07, 6.45) is 3.86. The molecule has 0 aromatic heterocycles. The van der Waals surface area contributed by atoms with Crippen molar-refractivity contribution >= 4 is 29.1 Å². The first-order valence-corrected chi connectivity index (χ1v) is 14.1. The molecular weight excluding hydrogens is 542 g/mol. The van der Waals surface area contributed by atoms with E-state index in [4.69, 9.17) is 14.2 Å². The van der Waals surface area contributed by atoms with Crippen LogP contribution in [0.15, 0.2) is 97.1 Å². The van der Waals surface area contributed by atoms with Crippen molar-refractivity contribution in [1.82, 2.24) is 0 Å². The van der Waals surface area contributed by atoms with E-state index in [1.54, 1.807) is 74.9 Å². The molecule has 1 aliphatic carbocycles. The summed E-state index contributed by atoms with van der Waals surface area (Å²) in [6.45, 7) is 0. The lowest BCUT2D eigenvalue weighted by Crippen LogP contribution is -2.48. The number of hydrogen-bond donors (Lipinski definition) is 0. The number of ketones is 3. The Hall–Kier alpha value is -5.17. The van der Waals surface area contributed by atoms with Crippen LogP contribution in [0, 0.1) is 5.41 Å². The van der Waals surface area contributed by atoms with Crippen LogP contribution in [0.3, 0.4) is 0 Å². The Morgan fingerprint density at radius 1 is 0.744 bits per heavy atom. The number of rotatable bonds is 6. The minimum atomic E-state index is -1.63. The van der Waals surface area contributed by atoms with E-state index in [9.17, 15) is 14.4 Å². The zero-order valence-corrected chi connectivity index (χ0v) is 23.9. The molecule has 7 heteroatoms. The number of methoxy groups -OCH3 is 3. The first-order valence-electron chi connectivity index (χ1n) is 14.1. The highest BCUT2D eigenvalue weighted by Crippen LogP contribution is 2.62. The van der Waals surface area contributed by atoms with Gasteiger partial charge >= 0.3 is 0 Å². The second-order valence-corrected chi connectivity index (χ2v) is 11.0. The Morgan fingerprint density at radius 3 is 2.12 bits per heavy atom. The van der Waals surface area contributed by atoms with Crippen molar-refractivity contribution < 1.29 is 28.6 Å². The number of fused-ring (bicyclic) bond motifs is 5. The van der Waals surface area contributed by atoms with Gasteiger partial charge in [-0.3, -0.25) is 14.4 Å². The van der Waals surface area contributed by atoms with Gasteiger partial charge in [0, 0.05) is 39.9 Å². The van der Waals surface area contributed by atoms with E-state index in [0.29, 0.717) is 39.5 Å². The molecule has 1 saturated heterocycles. The van der Waals surface area contributed by atoms with Gasteiger partial charge < -0.3 is 19.1 Å². The van der Waals surface area contributed by atoms with E-state index < -0.39 is 23.4 Å². The third kappa shape index (κ3) is 3.64. The van der Waals surface area contributed by atoms with Crippen molar-refractivity contribution in [2.75, 3.05) is 26.2 Å². The molecule has 0 unspecified atom stereocenters. The fourth-order valence-corrected chi connectivity index (χ4v) is 7.28. The molecule has 1 fully saturated rings.